The lowest BCUT2D eigenvalue weighted by Crippen LogP contribution is -2.40. The lowest BCUT2D eigenvalue weighted by molar-refractivity contribution is 0.0891. The zero-order valence-corrected chi connectivity index (χ0v) is 9.69. The largest absolute Gasteiger partial charge is 0.380 e. The van der Waals surface area contributed by atoms with Crippen molar-refractivity contribution in [3.63, 3.8) is 0 Å². The van der Waals surface area contributed by atoms with Crippen LogP contribution in [-0.4, -0.2) is 36.3 Å². The Bertz CT molecular complexity index is 416. The van der Waals surface area contributed by atoms with Gasteiger partial charge in [-0.05, 0) is 19.8 Å². The fourth-order valence-electron chi connectivity index (χ4n) is 2.06. The number of ether oxygens (including phenoxy) is 1. The van der Waals surface area contributed by atoms with Crippen molar-refractivity contribution in [1.29, 1.82) is 0 Å². The van der Waals surface area contributed by atoms with Gasteiger partial charge >= 0.3 is 0 Å². The van der Waals surface area contributed by atoms with Crippen LogP contribution >= 0.6 is 0 Å². The minimum atomic E-state index is -0.0953. The molecule has 0 bridgehead atoms. The molecule has 0 amide bonds. The van der Waals surface area contributed by atoms with Crippen molar-refractivity contribution in [2.24, 2.45) is 0 Å². The molecule has 0 saturated carbocycles. The van der Waals surface area contributed by atoms with E-state index in [2.05, 4.69) is 14.9 Å². The smallest absolute Gasteiger partial charge is 0.252 e. The van der Waals surface area contributed by atoms with Crippen molar-refractivity contribution >= 4 is 5.82 Å². The summed E-state index contributed by atoms with van der Waals surface area (Å²) in [6, 6.07) is 1.55. The van der Waals surface area contributed by atoms with Crippen molar-refractivity contribution < 1.29 is 4.74 Å². The van der Waals surface area contributed by atoms with E-state index < -0.39 is 0 Å². The quantitative estimate of drug-likeness (QED) is 0.801. The van der Waals surface area contributed by atoms with Gasteiger partial charge in [-0.15, -0.1) is 0 Å². The minimum Gasteiger partial charge on any atom is -0.380 e. The normalized spacial score (nSPS) is 21.1. The standard InChI is InChI=1S/C11H17N3O2/c1-8-12-10(6-11(15)13-8)14-5-3-4-9(7-14)16-2/h6,9H,3-5,7H2,1-2H3,(H,12,13,15). The van der Waals surface area contributed by atoms with Crippen LogP contribution in [0.5, 0.6) is 0 Å². The van der Waals surface area contributed by atoms with Crippen LogP contribution in [0.1, 0.15) is 18.7 Å². The summed E-state index contributed by atoms with van der Waals surface area (Å²) in [6.07, 6.45) is 2.40. The number of aromatic nitrogens is 2. The van der Waals surface area contributed by atoms with Gasteiger partial charge in [0, 0.05) is 26.3 Å². The third-order valence-electron chi connectivity index (χ3n) is 2.88. The molecule has 2 rings (SSSR count). The molecule has 1 aromatic heterocycles. The fraction of sp³-hybridized carbons (Fsp3) is 0.636. The van der Waals surface area contributed by atoms with Crippen molar-refractivity contribution in [2.45, 2.75) is 25.9 Å². The van der Waals surface area contributed by atoms with E-state index in [1.165, 1.54) is 0 Å². The lowest BCUT2D eigenvalue weighted by Gasteiger charge is -2.32. The topological polar surface area (TPSA) is 58.2 Å². The van der Waals surface area contributed by atoms with Gasteiger partial charge in [0.15, 0.2) is 0 Å². The van der Waals surface area contributed by atoms with Crippen LogP contribution in [0, 0.1) is 6.92 Å². The van der Waals surface area contributed by atoms with E-state index >= 15 is 0 Å². The molecule has 5 nitrogen and oxygen atoms in total. The summed E-state index contributed by atoms with van der Waals surface area (Å²) in [5.41, 5.74) is -0.0953. The molecule has 1 unspecified atom stereocenters. The Labute approximate surface area is 94.5 Å². The van der Waals surface area contributed by atoms with Crippen LogP contribution in [-0.2, 0) is 4.74 Å². The van der Waals surface area contributed by atoms with E-state index in [0.29, 0.717) is 5.82 Å². The predicted octanol–water partition coefficient (Wildman–Crippen LogP) is 0.694. The number of anilines is 1. The third-order valence-corrected chi connectivity index (χ3v) is 2.88. The highest BCUT2D eigenvalue weighted by atomic mass is 16.5. The Hall–Kier alpha value is -1.36. The Morgan fingerprint density at radius 2 is 2.44 bits per heavy atom. The molecule has 0 spiro atoms. The minimum absolute atomic E-state index is 0.0953. The molecule has 1 fully saturated rings. The molecule has 5 heteroatoms. The molecular weight excluding hydrogens is 206 g/mol. The highest BCUT2D eigenvalue weighted by molar-refractivity contribution is 5.38. The highest BCUT2D eigenvalue weighted by Crippen LogP contribution is 2.17. The molecule has 2 heterocycles. The van der Waals surface area contributed by atoms with Crippen LogP contribution in [0.4, 0.5) is 5.82 Å². The van der Waals surface area contributed by atoms with Crippen LogP contribution in [0.15, 0.2) is 10.9 Å². The third kappa shape index (κ3) is 2.41. The van der Waals surface area contributed by atoms with Crippen molar-refractivity contribution in [1.82, 2.24) is 9.97 Å². The van der Waals surface area contributed by atoms with E-state index in [1.54, 1.807) is 20.1 Å². The maximum Gasteiger partial charge on any atom is 0.252 e. The van der Waals surface area contributed by atoms with Gasteiger partial charge in [-0.3, -0.25) is 4.79 Å². The Morgan fingerprint density at radius 1 is 1.62 bits per heavy atom. The molecule has 1 aliphatic rings. The first-order valence-corrected chi connectivity index (χ1v) is 5.55. The average molecular weight is 223 g/mol. The monoisotopic (exact) mass is 223 g/mol. The molecule has 1 atom stereocenters. The molecule has 0 aromatic carbocycles. The van der Waals surface area contributed by atoms with Gasteiger partial charge in [0.1, 0.15) is 11.6 Å². The van der Waals surface area contributed by atoms with Crippen LogP contribution in [0.25, 0.3) is 0 Å². The number of hydrogen-bond donors (Lipinski definition) is 1. The van der Waals surface area contributed by atoms with Gasteiger partial charge < -0.3 is 14.6 Å². The molecule has 1 aliphatic heterocycles. The second-order valence-electron chi connectivity index (χ2n) is 4.13. The first-order chi connectivity index (χ1) is 7.69. The van der Waals surface area contributed by atoms with Gasteiger partial charge in [0.2, 0.25) is 0 Å². The summed E-state index contributed by atoms with van der Waals surface area (Å²) in [6.45, 7) is 3.55. The average Bonchev–Trinajstić information content (AvgIpc) is 2.28. The Morgan fingerprint density at radius 3 is 3.12 bits per heavy atom. The number of nitrogens with one attached hydrogen (secondary N) is 1. The molecular formula is C11H17N3O2. The summed E-state index contributed by atoms with van der Waals surface area (Å²) < 4.78 is 5.35. The first-order valence-electron chi connectivity index (χ1n) is 5.55. The van der Waals surface area contributed by atoms with Crippen molar-refractivity contribution in [2.75, 3.05) is 25.1 Å². The molecule has 16 heavy (non-hydrogen) atoms. The number of piperidine rings is 1. The lowest BCUT2D eigenvalue weighted by atomic mass is 10.1. The number of nitrogens with zero attached hydrogens (tertiary/aromatic N) is 2. The Kier molecular flexibility index (Phi) is 3.24. The van der Waals surface area contributed by atoms with E-state index in [4.69, 9.17) is 4.74 Å². The van der Waals surface area contributed by atoms with Gasteiger partial charge in [0.25, 0.3) is 5.56 Å². The summed E-state index contributed by atoms with van der Waals surface area (Å²) in [7, 11) is 1.73. The number of aromatic amines is 1. The number of methoxy groups -OCH3 is 1. The van der Waals surface area contributed by atoms with Gasteiger partial charge in [-0.2, -0.15) is 0 Å². The predicted molar refractivity (Wildman–Crippen MR) is 61.8 cm³/mol. The zero-order chi connectivity index (χ0) is 11.5. The molecule has 0 aliphatic carbocycles. The summed E-state index contributed by atoms with van der Waals surface area (Å²) in [5.74, 6) is 1.41. The Balaban J connectivity index is 2.19. The SMILES string of the molecule is COC1CCCN(c2cc(=O)[nH]c(C)n2)C1. The first kappa shape index (κ1) is 11.1. The van der Waals surface area contributed by atoms with Crippen molar-refractivity contribution in [3.8, 4) is 0 Å². The number of H-pyrrole nitrogens is 1. The second kappa shape index (κ2) is 4.65. The van der Waals surface area contributed by atoms with E-state index in [1.807, 2.05) is 0 Å². The number of rotatable bonds is 2. The molecule has 0 radical (unpaired) electrons. The molecule has 88 valence electrons. The fourth-order valence-corrected chi connectivity index (χ4v) is 2.06. The summed E-state index contributed by atoms with van der Waals surface area (Å²) in [5, 5.41) is 0. The van der Waals surface area contributed by atoms with E-state index in [9.17, 15) is 4.79 Å². The van der Waals surface area contributed by atoms with Crippen LogP contribution in [0.2, 0.25) is 0 Å². The maximum absolute atomic E-state index is 11.4. The van der Waals surface area contributed by atoms with Crippen molar-refractivity contribution in [3.05, 3.63) is 22.2 Å². The number of aryl methyl sites for hydroxylation is 1. The van der Waals surface area contributed by atoms with E-state index in [0.717, 1.165) is 31.7 Å². The summed E-state index contributed by atoms with van der Waals surface area (Å²) in [4.78, 5) is 20.5. The van der Waals surface area contributed by atoms with E-state index in [-0.39, 0.29) is 11.7 Å². The van der Waals surface area contributed by atoms with Crippen LogP contribution < -0.4 is 10.5 Å². The zero-order valence-electron chi connectivity index (χ0n) is 9.69. The van der Waals surface area contributed by atoms with Crippen LogP contribution in [0.3, 0.4) is 0 Å². The molecule has 1 saturated heterocycles. The van der Waals surface area contributed by atoms with Gasteiger partial charge in [-0.25, -0.2) is 4.98 Å². The molecule has 1 aromatic rings. The number of hydrogen-bond acceptors (Lipinski definition) is 4. The highest BCUT2D eigenvalue weighted by Gasteiger charge is 2.20. The van der Waals surface area contributed by atoms with Gasteiger partial charge in [0.05, 0.1) is 6.10 Å². The second-order valence-corrected chi connectivity index (χ2v) is 4.13. The van der Waals surface area contributed by atoms with Gasteiger partial charge in [-0.1, -0.05) is 0 Å². The maximum atomic E-state index is 11.4. The summed E-state index contributed by atoms with van der Waals surface area (Å²) >= 11 is 0. The molecule has 1 N–H and O–H groups in total.